The number of likely N-dealkylation sites (tertiary alicyclic amines) is 1. The van der Waals surface area contributed by atoms with Crippen molar-refractivity contribution in [3.8, 4) is 5.75 Å². The minimum absolute atomic E-state index is 0.422. The molecule has 1 unspecified atom stereocenters. The Kier molecular flexibility index (Phi) is 6.18. The first-order valence-corrected chi connectivity index (χ1v) is 8.20. The second kappa shape index (κ2) is 8.13. The monoisotopic (exact) mass is 291 g/mol. The first-order chi connectivity index (χ1) is 10.2. The summed E-state index contributed by atoms with van der Waals surface area (Å²) >= 11 is 0. The molecular weight excluding hydrogens is 262 g/mol. The Bertz CT molecular complexity index is 430. The van der Waals surface area contributed by atoms with E-state index in [0.717, 1.165) is 24.4 Å². The quantitative estimate of drug-likeness (QED) is 0.757. The van der Waals surface area contributed by atoms with E-state index < -0.39 is 0 Å². The summed E-state index contributed by atoms with van der Waals surface area (Å²) in [4.78, 5) is 2.55. The molecular formula is C17H29N3O. The van der Waals surface area contributed by atoms with E-state index >= 15 is 0 Å². The summed E-state index contributed by atoms with van der Waals surface area (Å²) in [5.41, 5.74) is 7.74. The highest BCUT2D eigenvalue weighted by atomic mass is 16.5. The van der Waals surface area contributed by atoms with Crippen molar-refractivity contribution < 1.29 is 4.74 Å². The predicted molar refractivity (Wildman–Crippen MR) is 90.0 cm³/mol. The van der Waals surface area contributed by atoms with Crippen molar-refractivity contribution >= 4 is 11.4 Å². The van der Waals surface area contributed by atoms with Gasteiger partial charge in [0.1, 0.15) is 5.75 Å². The van der Waals surface area contributed by atoms with E-state index in [1.165, 1.54) is 32.4 Å². The lowest BCUT2D eigenvalue weighted by atomic mass is 10.1. The van der Waals surface area contributed by atoms with E-state index in [1.54, 1.807) is 0 Å². The van der Waals surface area contributed by atoms with Crippen LogP contribution in [0.5, 0.6) is 5.75 Å². The fraction of sp³-hybridized carbons (Fsp3) is 0.647. The predicted octanol–water partition coefficient (Wildman–Crippen LogP) is 3.34. The molecule has 118 valence electrons. The number of ether oxygens (including phenoxy) is 1. The van der Waals surface area contributed by atoms with Gasteiger partial charge in [-0.05, 0) is 51.4 Å². The van der Waals surface area contributed by atoms with Gasteiger partial charge in [0, 0.05) is 24.3 Å². The second-order valence-electron chi connectivity index (χ2n) is 6.01. The summed E-state index contributed by atoms with van der Waals surface area (Å²) in [6.45, 7) is 8.60. The van der Waals surface area contributed by atoms with Crippen LogP contribution in [0.2, 0.25) is 0 Å². The summed E-state index contributed by atoms with van der Waals surface area (Å²) in [6.07, 6.45) is 5.05. The van der Waals surface area contributed by atoms with Gasteiger partial charge in [0.25, 0.3) is 0 Å². The van der Waals surface area contributed by atoms with Crippen LogP contribution in [0.4, 0.5) is 11.4 Å². The van der Waals surface area contributed by atoms with Crippen LogP contribution < -0.4 is 15.8 Å². The largest absolute Gasteiger partial charge is 0.491 e. The Hall–Kier alpha value is -1.42. The SMILES string of the molecule is CCCOc1cc(NC(C)CN2CCCCC2)ccc1N. The minimum Gasteiger partial charge on any atom is -0.491 e. The highest BCUT2D eigenvalue weighted by Gasteiger charge is 2.13. The standard InChI is InChI=1S/C17H29N3O/c1-3-11-21-17-12-15(7-8-16(17)18)19-14(2)13-20-9-5-4-6-10-20/h7-8,12,14,19H,3-6,9-11,13,18H2,1-2H3. The zero-order chi connectivity index (χ0) is 15.1. The summed E-state index contributed by atoms with van der Waals surface area (Å²) in [5, 5.41) is 3.56. The summed E-state index contributed by atoms with van der Waals surface area (Å²) < 4.78 is 5.68. The van der Waals surface area contributed by atoms with Crippen molar-refractivity contribution in [3.63, 3.8) is 0 Å². The molecule has 0 aliphatic carbocycles. The molecule has 2 rings (SSSR count). The summed E-state index contributed by atoms with van der Waals surface area (Å²) in [6, 6.07) is 6.38. The van der Waals surface area contributed by atoms with Crippen LogP contribution in [-0.4, -0.2) is 37.2 Å². The molecule has 1 atom stereocenters. The van der Waals surface area contributed by atoms with Crippen molar-refractivity contribution in [1.82, 2.24) is 4.90 Å². The van der Waals surface area contributed by atoms with Gasteiger partial charge in [-0.2, -0.15) is 0 Å². The lowest BCUT2D eigenvalue weighted by molar-refractivity contribution is 0.223. The average Bonchev–Trinajstić information content (AvgIpc) is 2.48. The number of nitrogens with one attached hydrogen (secondary N) is 1. The number of anilines is 2. The summed E-state index contributed by atoms with van der Waals surface area (Å²) in [5.74, 6) is 0.784. The van der Waals surface area contributed by atoms with Gasteiger partial charge in [-0.1, -0.05) is 13.3 Å². The fourth-order valence-electron chi connectivity index (χ4n) is 2.82. The topological polar surface area (TPSA) is 50.5 Å². The number of nitrogen functional groups attached to an aromatic ring is 1. The lowest BCUT2D eigenvalue weighted by Crippen LogP contribution is -2.38. The maximum Gasteiger partial charge on any atom is 0.144 e. The normalized spacial score (nSPS) is 17.4. The zero-order valence-electron chi connectivity index (χ0n) is 13.4. The highest BCUT2D eigenvalue weighted by molar-refractivity contribution is 5.61. The molecule has 0 saturated carbocycles. The number of benzene rings is 1. The average molecular weight is 291 g/mol. The van der Waals surface area contributed by atoms with Crippen molar-refractivity contribution in [3.05, 3.63) is 18.2 Å². The van der Waals surface area contributed by atoms with Crippen LogP contribution in [0.25, 0.3) is 0 Å². The first kappa shape index (κ1) is 16.0. The Morgan fingerprint density at radius 3 is 2.76 bits per heavy atom. The third-order valence-electron chi connectivity index (χ3n) is 3.87. The van der Waals surface area contributed by atoms with Crippen LogP contribution in [0.1, 0.15) is 39.5 Å². The van der Waals surface area contributed by atoms with E-state index in [-0.39, 0.29) is 0 Å². The Morgan fingerprint density at radius 2 is 2.05 bits per heavy atom. The van der Waals surface area contributed by atoms with Gasteiger partial charge in [0.05, 0.1) is 12.3 Å². The first-order valence-electron chi connectivity index (χ1n) is 8.20. The van der Waals surface area contributed by atoms with Crippen LogP contribution in [0.3, 0.4) is 0 Å². The maximum atomic E-state index is 5.95. The van der Waals surface area contributed by atoms with Gasteiger partial charge >= 0.3 is 0 Å². The second-order valence-corrected chi connectivity index (χ2v) is 6.01. The third-order valence-corrected chi connectivity index (χ3v) is 3.87. The molecule has 1 aliphatic heterocycles. The van der Waals surface area contributed by atoms with Crippen LogP contribution in [0, 0.1) is 0 Å². The van der Waals surface area contributed by atoms with Gasteiger partial charge in [-0.3, -0.25) is 0 Å². The van der Waals surface area contributed by atoms with Gasteiger partial charge in [0.2, 0.25) is 0 Å². The summed E-state index contributed by atoms with van der Waals surface area (Å²) in [7, 11) is 0. The molecule has 3 N–H and O–H groups in total. The highest BCUT2D eigenvalue weighted by Crippen LogP contribution is 2.26. The minimum atomic E-state index is 0.422. The van der Waals surface area contributed by atoms with Crippen LogP contribution in [0.15, 0.2) is 18.2 Å². The van der Waals surface area contributed by atoms with Crippen molar-refractivity contribution in [1.29, 1.82) is 0 Å². The van der Waals surface area contributed by atoms with E-state index in [0.29, 0.717) is 18.3 Å². The number of piperidine rings is 1. The van der Waals surface area contributed by atoms with E-state index in [1.807, 2.05) is 18.2 Å². The van der Waals surface area contributed by atoms with Crippen LogP contribution in [-0.2, 0) is 0 Å². The van der Waals surface area contributed by atoms with E-state index in [2.05, 4.69) is 24.1 Å². The molecule has 1 aromatic rings. The smallest absolute Gasteiger partial charge is 0.144 e. The van der Waals surface area contributed by atoms with E-state index in [9.17, 15) is 0 Å². The zero-order valence-corrected chi connectivity index (χ0v) is 13.4. The number of hydrogen-bond donors (Lipinski definition) is 2. The Labute approximate surface area is 128 Å². The molecule has 21 heavy (non-hydrogen) atoms. The molecule has 4 nitrogen and oxygen atoms in total. The third kappa shape index (κ3) is 5.12. The molecule has 4 heteroatoms. The molecule has 0 radical (unpaired) electrons. The van der Waals surface area contributed by atoms with Gasteiger partial charge in [-0.15, -0.1) is 0 Å². The maximum absolute atomic E-state index is 5.95. The fourth-order valence-corrected chi connectivity index (χ4v) is 2.82. The Balaban J connectivity index is 1.88. The van der Waals surface area contributed by atoms with E-state index in [4.69, 9.17) is 10.5 Å². The lowest BCUT2D eigenvalue weighted by Gasteiger charge is -2.29. The van der Waals surface area contributed by atoms with Gasteiger partial charge < -0.3 is 20.7 Å². The van der Waals surface area contributed by atoms with Gasteiger partial charge in [0.15, 0.2) is 0 Å². The molecule has 1 aromatic carbocycles. The molecule has 0 amide bonds. The van der Waals surface area contributed by atoms with Crippen molar-refractivity contribution in [2.75, 3.05) is 37.3 Å². The molecule has 1 aliphatic rings. The van der Waals surface area contributed by atoms with Crippen molar-refractivity contribution in [2.45, 2.75) is 45.6 Å². The van der Waals surface area contributed by atoms with Crippen LogP contribution >= 0.6 is 0 Å². The number of rotatable bonds is 7. The molecule has 1 saturated heterocycles. The number of nitrogens with zero attached hydrogens (tertiary/aromatic N) is 1. The molecule has 0 aromatic heterocycles. The Morgan fingerprint density at radius 1 is 1.29 bits per heavy atom. The van der Waals surface area contributed by atoms with Gasteiger partial charge in [-0.25, -0.2) is 0 Å². The number of hydrogen-bond acceptors (Lipinski definition) is 4. The molecule has 1 fully saturated rings. The number of nitrogens with two attached hydrogens (primary N) is 1. The molecule has 0 bridgehead atoms. The molecule has 0 spiro atoms. The molecule has 1 heterocycles. The van der Waals surface area contributed by atoms with Crippen molar-refractivity contribution in [2.24, 2.45) is 0 Å².